The van der Waals surface area contributed by atoms with E-state index in [9.17, 15) is 14.4 Å². The Hall–Kier alpha value is -3.32. The Morgan fingerprint density at radius 1 is 1.09 bits per heavy atom. The minimum atomic E-state index is -0.445. The first-order valence-corrected chi connectivity index (χ1v) is 11.7. The number of imide groups is 1. The van der Waals surface area contributed by atoms with Gasteiger partial charge < -0.3 is 9.88 Å². The zero-order chi connectivity index (χ0) is 23.9. The number of thioether (sulfide) groups is 1. The molecule has 6 nitrogen and oxygen atoms in total. The Morgan fingerprint density at radius 2 is 1.76 bits per heavy atom. The molecule has 3 aromatic rings. The standard InChI is InChI=1S/C26H27N3O3S/c1-15(2)28-13-19(20-8-6-7-9-21(20)28)12-22-25(31)29(26(32)33-22)14-23(30)27-24-17(4)10-16(3)11-18(24)5/h6-13,15H,14H2,1-5H3,(H,27,30)/b22-12+. The van der Waals surface area contributed by atoms with Gasteiger partial charge in [-0.15, -0.1) is 0 Å². The minimum Gasteiger partial charge on any atom is -0.344 e. The van der Waals surface area contributed by atoms with Gasteiger partial charge in [-0.25, -0.2) is 0 Å². The van der Waals surface area contributed by atoms with Gasteiger partial charge in [0.15, 0.2) is 0 Å². The number of amides is 3. The summed E-state index contributed by atoms with van der Waals surface area (Å²) in [5.41, 5.74) is 5.65. The van der Waals surface area contributed by atoms with Crippen LogP contribution in [0.5, 0.6) is 0 Å². The van der Waals surface area contributed by atoms with Crippen molar-refractivity contribution in [3.63, 3.8) is 0 Å². The third kappa shape index (κ3) is 4.46. The fraction of sp³-hybridized carbons (Fsp3) is 0.269. The largest absolute Gasteiger partial charge is 0.344 e. The highest BCUT2D eigenvalue weighted by atomic mass is 32.2. The Kier molecular flexibility index (Phi) is 6.17. The summed E-state index contributed by atoms with van der Waals surface area (Å²) in [6.45, 7) is 9.72. The molecule has 0 radical (unpaired) electrons. The minimum absolute atomic E-state index is 0.254. The van der Waals surface area contributed by atoms with E-state index >= 15 is 0 Å². The summed E-state index contributed by atoms with van der Waals surface area (Å²) in [6, 6.07) is 12.2. The Bertz CT molecular complexity index is 1300. The van der Waals surface area contributed by atoms with E-state index in [1.807, 2.05) is 63.4 Å². The van der Waals surface area contributed by atoms with Crippen molar-refractivity contribution in [1.82, 2.24) is 9.47 Å². The van der Waals surface area contributed by atoms with E-state index in [4.69, 9.17) is 0 Å². The van der Waals surface area contributed by atoms with Gasteiger partial charge in [-0.05, 0) is 69.6 Å². The molecule has 4 rings (SSSR count). The Morgan fingerprint density at radius 3 is 2.42 bits per heavy atom. The van der Waals surface area contributed by atoms with E-state index < -0.39 is 17.1 Å². The molecule has 1 aliphatic rings. The lowest BCUT2D eigenvalue weighted by molar-refractivity contribution is -0.127. The molecule has 1 N–H and O–H groups in total. The molecule has 33 heavy (non-hydrogen) atoms. The first-order chi connectivity index (χ1) is 15.7. The van der Waals surface area contributed by atoms with Gasteiger partial charge in [-0.3, -0.25) is 19.3 Å². The number of aryl methyl sites for hydroxylation is 3. The van der Waals surface area contributed by atoms with Gasteiger partial charge in [0.05, 0.1) is 4.91 Å². The highest BCUT2D eigenvalue weighted by molar-refractivity contribution is 8.18. The molecule has 0 saturated carbocycles. The molecule has 0 spiro atoms. The third-order valence-electron chi connectivity index (χ3n) is 5.73. The van der Waals surface area contributed by atoms with Crippen molar-refractivity contribution in [3.8, 4) is 0 Å². The fourth-order valence-corrected chi connectivity index (χ4v) is 5.08. The molecule has 1 saturated heterocycles. The molecule has 2 aromatic carbocycles. The number of hydrogen-bond acceptors (Lipinski definition) is 4. The van der Waals surface area contributed by atoms with Gasteiger partial charge in [-0.2, -0.15) is 0 Å². The zero-order valence-corrected chi connectivity index (χ0v) is 20.2. The predicted molar refractivity (Wildman–Crippen MR) is 134 cm³/mol. The normalized spacial score (nSPS) is 15.3. The number of para-hydroxylation sites is 1. The van der Waals surface area contributed by atoms with Crippen LogP contribution in [0.25, 0.3) is 17.0 Å². The number of hydrogen-bond donors (Lipinski definition) is 1. The maximum atomic E-state index is 13.0. The van der Waals surface area contributed by atoms with Crippen LogP contribution in [0.4, 0.5) is 10.5 Å². The van der Waals surface area contributed by atoms with E-state index in [2.05, 4.69) is 23.7 Å². The molecular formula is C26H27N3O3S. The Labute approximate surface area is 197 Å². The van der Waals surface area contributed by atoms with Gasteiger partial charge in [0, 0.05) is 34.4 Å². The van der Waals surface area contributed by atoms with Crippen LogP contribution in [-0.2, 0) is 9.59 Å². The second-order valence-corrected chi connectivity index (χ2v) is 9.69. The highest BCUT2D eigenvalue weighted by Gasteiger charge is 2.36. The van der Waals surface area contributed by atoms with Crippen LogP contribution in [0.15, 0.2) is 47.5 Å². The smallest absolute Gasteiger partial charge is 0.294 e. The second-order valence-electron chi connectivity index (χ2n) is 8.69. The summed E-state index contributed by atoms with van der Waals surface area (Å²) in [4.78, 5) is 39.6. The monoisotopic (exact) mass is 461 g/mol. The van der Waals surface area contributed by atoms with Gasteiger partial charge in [0.1, 0.15) is 6.54 Å². The summed E-state index contributed by atoms with van der Waals surface area (Å²) >= 11 is 0.869. The number of fused-ring (bicyclic) bond motifs is 1. The predicted octanol–water partition coefficient (Wildman–Crippen LogP) is 5.82. The molecule has 0 unspecified atom stereocenters. The summed E-state index contributed by atoms with van der Waals surface area (Å²) in [5.74, 6) is -0.844. The van der Waals surface area contributed by atoms with Crippen LogP contribution in [0.2, 0.25) is 0 Å². The maximum Gasteiger partial charge on any atom is 0.294 e. The van der Waals surface area contributed by atoms with Crippen molar-refractivity contribution in [2.24, 2.45) is 0 Å². The number of aromatic nitrogens is 1. The SMILES string of the molecule is Cc1cc(C)c(NC(=O)CN2C(=O)S/C(=C/c3cn(C(C)C)c4ccccc34)C2=O)c(C)c1. The highest BCUT2D eigenvalue weighted by Crippen LogP contribution is 2.34. The molecule has 0 aliphatic carbocycles. The number of anilines is 1. The summed E-state index contributed by atoms with van der Waals surface area (Å²) in [7, 11) is 0. The van der Waals surface area contributed by atoms with Gasteiger partial charge >= 0.3 is 0 Å². The fourth-order valence-electron chi connectivity index (χ4n) is 4.25. The quantitative estimate of drug-likeness (QED) is 0.486. The molecule has 170 valence electrons. The summed E-state index contributed by atoms with van der Waals surface area (Å²) < 4.78 is 2.14. The van der Waals surface area contributed by atoms with E-state index in [0.717, 1.165) is 55.5 Å². The van der Waals surface area contributed by atoms with Crippen LogP contribution in [-0.4, -0.2) is 33.1 Å². The summed E-state index contributed by atoms with van der Waals surface area (Å²) in [6.07, 6.45) is 3.75. The van der Waals surface area contributed by atoms with Crippen LogP contribution in [0.1, 0.15) is 42.1 Å². The first-order valence-electron chi connectivity index (χ1n) is 10.9. The van der Waals surface area contributed by atoms with E-state index in [0.29, 0.717) is 4.91 Å². The number of rotatable bonds is 5. The van der Waals surface area contributed by atoms with E-state index in [-0.39, 0.29) is 12.6 Å². The van der Waals surface area contributed by atoms with E-state index in [1.54, 1.807) is 6.08 Å². The van der Waals surface area contributed by atoms with Crippen molar-refractivity contribution in [2.45, 2.75) is 40.7 Å². The van der Waals surface area contributed by atoms with Crippen molar-refractivity contribution in [3.05, 3.63) is 69.8 Å². The molecule has 0 atom stereocenters. The van der Waals surface area contributed by atoms with Crippen LogP contribution < -0.4 is 5.32 Å². The summed E-state index contributed by atoms with van der Waals surface area (Å²) in [5, 5.41) is 3.44. The topological polar surface area (TPSA) is 71.4 Å². The maximum absolute atomic E-state index is 13.0. The van der Waals surface area contributed by atoms with Crippen molar-refractivity contribution >= 4 is 51.5 Å². The number of benzene rings is 2. The lowest BCUT2D eigenvalue weighted by Crippen LogP contribution is -2.36. The van der Waals surface area contributed by atoms with Crippen molar-refractivity contribution < 1.29 is 14.4 Å². The molecular weight excluding hydrogens is 434 g/mol. The van der Waals surface area contributed by atoms with Crippen molar-refractivity contribution in [1.29, 1.82) is 0 Å². The lowest BCUT2D eigenvalue weighted by atomic mass is 10.1. The van der Waals surface area contributed by atoms with Crippen LogP contribution >= 0.6 is 11.8 Å². The number of carbonyl (C=O) groups is 3. The average Bonchev–Trinajstić information content (AvgIpc) is 3.24. The molecule has 7 heteroatoms. The molecule has 2 heterocycles. The number of nitrogens with zero attached hydrogens (tertiary/aromatic N) is 2. The second kappa shape index (κ2) is 8.90. The molecule has 1 aromatic heterocycles. The first kappa shape index (κ1) is 22.9. The third-order valence-corrected chi connectivity index (χ3v) is 6.64. The Balaban J connectivity index is 1.56. The van der Waals surface area contributed by atoms with Gasteiger partial charge in [0.2, 0.25) is 5.91 Å². The molecule has 0 bridgehead atoms. The number of nitrogens with one attached hydrogen (secondary N) is 1. The molecule has 3 amide bonds. The average molecular weight is 462 g/mol. The van der Waals surface area contributed by atoms with Crippen molar-refractivity contribution in [2.75, 3.05) is 11.9 Å². The zero-order valence-electron chi connectivity index (χ0n) is 19.4. The molecule has 1 aliphatic heterocycles. The van der Waals surface area contributed by atoms with Crippen LogP contribution in [0.3, 0.4) is 0 Å². The molecule has 1 fully saturated rings. The van der Waals surface area contributed by atoms with Gasteiger partial charge in [0.25, 0.3) is 11.1 Å². The van der Waals surface area contributed by atoms with Gasteiger partial charge in [-0.1, -0.05) is 35.9 Å². The number of carbonyl (C=O) groups excluding carboxylic acids is 3. The van der Waals surface area contributed by atoms with Crippen LogP contribution in [0, 0.1) is 20.8 Å². The van der Waals surface area contributed by atoms with E-state index in [1.165, 1.54) is 0 Å². The lowest BCUT2D eigenvalue weighted by Gasteiger charge is -2.15.